The molecule has 3 N–H and O–H groups in total. The molecule has 0 atom stereocenters. The van der Waals surface area contributed by atoms with Gasteiger partial charge < -0.3 is 19.9 Å². The molecule has 0 fully saturated rings. The SMILES string of the molecule is Cc1coc(NC(CO)CO)n1. The van der Waals surface area contributed by atoms with Crippen molar-refractivity contribution in [3.63, 3.8) is 0 Å². The van der Waals surface area contributed by atoms with Gasteiger partial charge in [0, 0.05) is 0 Å². The van der Waals surface area contributed by atoms with Gasteiger partial charge in [0.1, 0.15) is 6.26 Å². The van der Waals surface area contributed by atoms with Crippen LogP contribution in [-0.4, -0.2) is 34.5 Å². The van der Waals surface area contributed by atoms with Gasteiger partial charge in [-0.15, -0.1) is 0 Å². The molecular formula is C7H12N2O3. The molecule has 0 amide bonds. The quantitative estimate of drug-likeness (QED) is 0.583. The molecule has 0 aliphatic rings. The minimum Gasteiger partial charge on any atom is -0.432 e. The van der Waals surface area contributed by atoms with E-state index in [0.717, 1.165) is 5.69 Å². The third-order valence-electron chi connectivity index (χ3n) is 1.39. The van der Waals surface area contributed by atoms with Crippen LogP contribution in [0.4, 0.5) is 6.01 Å². The van der Waals surface area contributed by atoms with Crippen molar-refractivity contribution in [3.8, 4) is 0 Å². The first-order chi connectivity index (χ1) is 5.76. The largest absolute Gasteiger partial charge is 0.432 e. The second-order valence-corrected chi connectivity index (χ2v) is 2.50. The average molecular weight is 172 g/mol. The fourth-order valence-corrected chi connectivity index (χ4v) is 0.744. The van der Waals surface area contributed by atoms with Gasteiger partial charge in [-0.1, -0.05) is 0 Å². The third-order valence-corrected chi connectivity index (χ3v) is 1.39. The third kappa shape index (κ3) is 2.21. The van der Waals surface area contributed by atoms with Crippen molar-refractivity contribution < 1.29 is 14.6 Å². The van der Waals surface area contributed by atoms with Crippen molar-refractivity contribution in [1.29, 1.82) is 0 Å². The molecular weight excluding hydrogens is 160 g/mol. The predicted octanol–water partition coefficient (Wildman–Crippen LogP) is -0.252. The number of nitrogens with one attached hydrogen (secondary N) is 1. The molecule has 0 spiro atoms. The van der Waals surface area contributed by atoms with E-state index >= 15 is 0 Å². The minimum atomic E-state index is -0.414. The monoisotopic (exact) mass is 172 g/mol. The van der Waals surface area contributed by atoms with Crippen molar-refractivity contribution in [3.05, 3.63) is 12.0 Å². The summed E-state index contributed by atoms with van der Waals surface area (Å²) in [6, 6.07) is -0.0938. The summed E-state index contributed by atoms with van der Waals surface area (Å²) in [5, 5.41) is 20.1. The van der Waals surface area contributed by atoms with E-state index in [0.29, 0.717) is 6.01 Å². The van der Waals surface area contributed by atoms with E-state index in [1.807, 2.05) is 0 Å². The van der Waals surface area contributed by atoms with Gasteiger partial charge in [0.15, 0.2) is 0 Å². The number of hydrogen-bond donors (Lipinski definition) is 3. The molecule has 1 aromatic rings. The summed E-state index contributed by atoms with van der Waals surface area (Å²) in [5.41, 5.74) is 0.757. The zero-order valence-electron chi connectivity index (χ0n) is 6.82. The smallest absolute Gasteiger partial charge is 0.295 e. The molecule has 1 aromatic heterocycles. The number of anilines is 1. The summed E-state index contributed by atoms with van der Waals surface area (Å²) in [6.45, 7) is 1.48. The maximum atomic E-state index is 8.70. The van der Waals surface area contributed by atoms with Gasteiger partial charge >= 0.3 is 0 Å². The first-order valence-electron chi connectivity index (χ1n) is 3.66. The molecule has 0 saturated carbocycles. The molecule has 5 heteroatoms. The number of aryl methyl sites for hydroxylation is 1. The van der Waals surface area contributed by atoms with Crippen LogP contribution in [-0.2, 0) is 0 Å². The molecule has 68 valence electrons. The Bertz CT molecular complexity index is 232. The summed E-state index contributed by atoms with van der Waals surface area (Å²) < 4.78 is 4.95. The molecule has 0 saturated heterocycles. The van der Waals surface area contributed by atoms with Crippen molar-refractivity contribution in [2.45, 2.75) is 13.0 Å². The van der Waals surface area contributed by atoms with Gasteiger partial charge in [-0.3, -0.25) is 0 Å². The van der Waals surface area contributed by atoms with Crippen molar-refractivity contribution in [2.24, 2.45) is 0 Å². The molecule has 1 rings (SSSR count). The highest BCUT2D eigenvalue weighted by Crippen LogP contribution is 2.06. The standard InChI is InChI=1S/C7H12N2O3/c1-5-4-12-7(8-5)9-6(2-10)3-11/h4,6,10-11H,2-3H2,1H3,(H,8,9). The van der Waals surface area contributed by atoms with E-state index < -0.39 is 6.04 Å². The lowest BCUT2D eigenvalue weighted by Crippen LogP contribution is -2.27. The highest BCUT2D eigenvalue weighted by molar-refractivity contribution is 5.22. The molecule has 0 aliphatic carbocycles. The molecule has 0 radical (unpaired) electrons. The van der Waals surface area contributed by atoms with E-state index in [4.69, 9.17) is 14.6 Å². The Morgan fingerprint density at radius 2 is 2.25 bits per heavy atom. The molecule has 1 heterocycles. The number of hydrogen-bond acceptors (Lipinski definition) is 5. The summed E-state index contributed by atoms with van der Waals surface area (Å²) in [4.78, 5) is 3.95. The van der Waals surface area contributed by atoms with Gasteiger partial charge in [0.2, 0.25) is 0 Å². The zero-order chi connectivity index (χ0) is 8.97. The maximum absolute atomic E-state index is 8.70. The van der Waals surface area contributed by atoms with E-state index in [9.17, 15) is 0 Å². The molecule has 5 nitrogen and oxygen atoms in total. The predicted molar refractivity (Wildman–Crippen MR) is 42.8 cm³/mol. The Labute approximate surface area is 70.0 Å². The second-order valence-electron chi connectivity index (χ2n) is 2.50. The molecule has 0 unspecified atom stereocenters. The number of nitrogens with zero attached hydrogens (tertiary/aromatic N) is 1. The Balaban J connectivity index is 2.50. The minimum absolute atomic E-state index is 0.155. The average Bonchev–Trinajstić information content (AvgIpc) is 2.47. The first-order valence-corrected chi connectivity index (χ1v) is 3.66. The van der Waals surface area contributed by atoms with E-state index in [1.54, 1.807) is 6.92 Å². The summed E-state index contributed by atoms with van der Waals surface area (Å²) >= 11 is 0. The van der Waals surface area contributed by atoms with Crippen LogP contribution in [0.3, 0.4) is 0 Å². The van der Waals surface area contributed by atoms with Gasteiger partial charge in [-0.2, -0.15) is 4.98 Å². The summed E-state index contributed by atoms with van der Waals surface area (Å²) in [6.07, 6.45) is 1.49. The van der Waals surface area contributed by atoms with Gasteiger partial charge in [0.05, 0.1) is 24.9 Å². The van der Waals surface area contributed by atoms with Crippen LogP contribution in [0.5, 0.6) is 0 Å². The van der Waals surface area contributed by atoms with Crippen LogP contribution in [0.1, 0.15) is 5.69 Å². The zero-order valence-corrected chi connectivity index (χ0v) is 6.82. The summed E-state index contributed by atoms with van der Waals surface area (Å²) in [7, 11) is 0. The molecule has 12 heavy (non-hydrogen) atoms. The van der Waals surface area contributed by atoms with E-state index in [2.05, 4.69) is 10.3 Å². The van der Waals surface area contributed by atoms with Crippen molar-refractivity contribution in [1.82, 2.24) is 4.98 Å². The van der Waals surface area contributed by atoms with E-state index in [-0.39, 0.29) is 13.2 Å². The summed E-state index contributed by atoms with van der Waals surface area (Å²) in [5.74, 6) is 0. The topological polar surface area (TPSA) is 78.5 Å². The Morgan fingerprint density at radius 3 is 2.67 bits per heavy atom. The van der Waals surface area contributed by atoms with Gasteiger partial charge in [0.25, 0.3) is 6.01 Å². The van der Waals surface area contributed by atoms with Crippen LogP contribution >= 0.6 is 0 Å². The molecule has 0 bridgehead atoms. The van der Waals surface area contributed by atoms with E-state index in [1.165, 1.54) is 6.26 Å². The number of oxazole rings is 1. The number of aromatic nitrogens is 1. The lowest BCUT2D eigenvalue weighted by Gasteiger charge is -2.10. The maximum Gasteiger partial charge on any atom is 0.295 e. The van der Waals surface area contributed by atoms with Crippen LogP contribution in [0, 0.1) is 6.92 Å². The van der Waals surface area contributed by atoms with Crippen molar-refractivity contribution in [2.75, 3.05) is 18.5 Å². The number of rotatable bonds is 4. The van der Waals surface area contributed by atoms with Crippen LogP contribution in [0.2, 0.25) is 0 Å². The molecule has 0 aliphatic heterocycles. The van der Waals surface area contributed by atoms with Crippen LogP contribution in [0.25, 0.3) is 0 Å². The highest BCUT2D eigenvalue weighted by atomic mass is 16.4. The Kier molecular flexibility index (Phi) is 3.07. The fourth-order valence-electron chi connectivity index (χ4n) is 0.744. The Hall–Kier alpha value is -1.07. The highest BCUT2D eigenvalue weighted by Gasteiger charge is 2.08. The van der Waals surface area contributed by atoms with Crippen molar-refractivity contribution >= 4 is 6.01 Å². The van der Waals surface area contributed by atoms with Gasteiger partial charge in [-0.25, -0.2) is 0 Å². The van der Waals surface area contributed by atoms with Gasteiger partial charge in [-0.05, 0) is 6.92 Å². The second kappa shape index (κ2) is 4.08. The van der Waals surface area contributed by atoms with Crippen LogP contribution in [0.15, 0.2) is 10.7 Å². The molecule has 0 aromatic carbocycles. The Morgan fingerprint density at radius 1 is 1.58 bits per heavy atom. The number of aliphatic hydroxyl groups excluding tert-OH is 2. The lowest BCUT2D eigenvalue weighted by molar-refractivity contribution is 0.202. The van der Waals surface area contributed by atoms with Crippen LogP contribution < -0.4 is 5.32 Å². The first kappa shape index (κ1) is 9.02. The normalized spacial score (nSPS) is 10.7. The lowest BCUT2D eigenvalue weighted by atomic mass is 10.3. The fraction of sp³-hybridized carbons (Fsp3) is 0.571. The number of aliphatic hydroxyl groups is 2.